The number of nitrogens with two attached hydrogens (primary N) is 1. The van der Waals surface area contributed by atoms with Gasteiger partial charge in [0.1, 0.15) is 11.8 Å². The van der Waals surface area contributed by atoms with Gasteiger partial charge in [0.2, 0.25) is 0 Å². The van der Waals surface area contributed by atoms with E-state index >= 15 is 0 Å². The van der Waals surface area contributed by atoms with Crippen molar-refractivity contribution < 1.29 is 14.7 Å². The van der Waals surface area contributed by atoms with E-state index in [2.05, 4.69) is 20.4 Å². The number of nitrogen functional groups attached to an aromatic ring is 1. The third kappa shape index (κ3) is 3.20. The molecule has 3 aromatic heterocycles. The highest BCUT2D eigenvalue weighted by atomic mass is 16.4. The van der Waals surface area contributed by atoms with E-state index in [0.717, 1.165) is 17.7 Å². The van der Waals surface area contributed by atoms with Crippen molar-refractivity contribution in [3.8, 4) is 11.3 Å². The summed E-state index contributed by atoms with van der Waals surface area (Å²) in [6.45, 7) is 1.36. The summed E-state index contributed by atoms with van der Waals surface area (Å²) >= 11 is 0. The van der Waals surface area contributed by atoms with E-state index in [1.807, 2.05) is 12.1 Å². The van der Waals surface area contributed by atoms with Crippen molar-refractivity contribution >= 4 is 23.3 Å². The number of amides is 2. The van der Waals surface area contributed by atoms with E-state index in [1.165, 1.54) is 6.33 Å². The molecule has 0 aliphatic carbocycles. The minimum atomic E-state index is -1.06. The molecule has 10 heteroatoms. The fraction of sp³-hybridized carbons (Fsp3) is 0.278. The fourth-order valence-electron chi connectivity index (χ4n) is 3.55. The van der Waals surface area contributed by atoms with E-state index in [9.17, 15) is 9.59 Å². The van der Waals surface area contributed by atoms with E-state index in [1.54, 1.807) is 27.9 Å². The van der Waals surface area contributed by atoms with Gasteiger partial charge in [0.05, 0.1) is 11.3 Å². The molecule has 4 N–H and O–H groups in total. The van der Waals surface area contributed by atoms with E-state index in [-0.39, 0.29) is 17.6 Å². The maximum Gasteiger partial charge on any atom is 0.404 e. The topological polar surface area (TPSA) is 139 Å². The molecule has 1 aliphatic rings. The van der Waals surface area contributed by atoms with Crippen molar-refractivity contribution in [1.82, 2.24) is 29.8 Å². The molecule has 4 heterocycles. The number of carbonyl (C=O) groups excluding carboxylic acids is 1. The number of pyridine rings is 1. The number of carbonyl (C=O) groups is 2. The Morgan fingerprint density at radius 2 is 2.11 bits per heavy atom. The number of nitrogens with one attached hydrogen (secondary N) is 1. The summed E-state index contributed by atoms with van der Waals surface area (Å²) in [7, 11) is 0. The first-order valence-electron chi connectivity index (χ1n) is 8.83. The smallest absolute Gasteiger partial charge is 0.404 e. The average molecular weight is 381 g/mol. The Labute approximate surface area is 160 Å². The van der Waals surface area contributed by atoms with E-state index in [0.29, 0.717) is 30.7 Å². The molecular weight excluding hydrogens is 362 g/mol. The van der Waals surface area contributed by atoms with Crippen molar-refractivity contribution in [2.75, 3.05) is 25.4 Å². The lowest BCUT2D eigenvalue weighted by atomic mass is 10.1. The van der Waals surface area contributed by atoms with Crippen molar-refractivity contribution in [2.24, 2.45) is 5.92 Å². The van der Waals surface area contributed by atoms with Crippen LogP contribution < -0.4 is 11.1 Å². The normalized spacial score (nSPS) is 16.4. The Kier molecular flexibility index (Phi) is 4.52. The van der Waals surface area contributed by atoms with Crippen LogP contribution in [-0.2, 0) is 0 Å². The quantitative estimate of drug-likeness (QED) is 0.615. The average Bonchev–Trinajstić information content (AvgIpc) is 3.32. The highest BCUT2D eigenvalue weighted by Gasteiger charge is 2.30. The van der Waals surface area contributed by atoms with Crippen molar-refractivity contribution in [1.29, 1.82) is 0 Å². The summed E-state index contributed by atoms with van der Waals surface area (Å²) in [4.78, 5) is 33.7. The maximum absolute atomic E-state index is 13.2. The lowest BCUT2D eigenvalue weighted by Gasteiger charge is -2.16. The second-order valence-electron chi connectivity index (χ2n) is 6.68. The van der Waals surface area contributed by atoms with Crippen LogP contribution in [0.2, 0.25) is 0 Å². The van der Waals surface area contributed by atoms with Crippen LogP contribution in [0.5, 0.6) is 0 Å². The molecule has 1 unspecified atom stereocenters. The lowest BCUT2D eigenvalue weighted by Crippen LogP contribution is -2.32. The number of fused-ring (bicyclic) bond motifs is 1. The Morgan fingerprint density at radius 3 is 2.86 bits per heavy atom. The molecule has 2 amide bonds. The minimum Gasteiger partial charge on any atom is -0.465 e. The molecule has 28 heavy (non-hydrogen) atoms. The number of carboxylic acid groups (broad SMARTS) is 1. The lowest BCUT2D eigenvalue weighted by molar-refractivity contribution is 0.0789. The van der Waals surface area contributed by atoms with Gasteiger partial charge in [-0.25, -0.2) is 14.3 Å². The van der Waals surface area contributed by atoms with Crippen LogP contribution in [0.3, 0.4) is 0 Å². The molecule has 0 aromatic carbocycles. The van der Waals surface area contributed by atoms with Gasteiger partial charge in [-0.15, -0.1) is 0 Å². The monoisotopic (exact) mass is 381 g/mol. The largest absolute Gasteiger partial charge is 0.465 e. The molecule has 4 rings (SSSR count). The summed E-state index contributed by atoms with van der Waals surface area (Å²) in [5.41, 5.74) is 8.53. The van der Waals surface area contributed by atoms with Gasteiger partial charge in [-0.2, -0.15) is 5.10 Å². The number of hydrogen-bond donors (Lipinski definition) is 3. The summed E-state index contributed by atoms with van der Waals surface area (Å²) in [6, 6.07) is 5.43. The predicted octanol–water partition coefficient (Wildman–Crippen LogP) is 1.10. The SMILES string of the molecule is Nc1ncnn2c(-c3ccncc3)cc(C(=O)N3CCC(CNC(=O)O)C3)c12. The van der Waals surface area contributed by atoms with E-state index < -0.39 is 6.09 Å². The number of aromatic nitrogens is 4. The van der Waals surface area contributed by atoms with Crippen LogP contribution in [0.4, 0.5) is 10.6 Å². The van der Waals surface area contributed by atoms with Crippen molar-refractivity contribution in [3.05, 3.63) is 42.5 Å². The second kappa shape index (κ2) is 7.14. The highest BCUT2D eigenvalue weighted by molar-refractivity contribution is 6.05. The molecule has 0 saturated carbocycles. The molecule has 0 bridgehead atoms. The van der Waals surface area contributed by atoms with Gasteiger partial charge in [-0.05, 0) is 30.5 Å². The first-order chi connectivity index (χ1) is 13.5. The molecular formula is C18H19N7O3. The second-order valence-corrected chi connectivity index (χ2v) is 6.68. The molecule has 144 valence electrons. The fourth-order valence-corrected chi connectivity index (χ4v) is 3.55. The van der Waals surface area contributed by atoms with Crippen LogP contribution in [-0.4, -0.2) is 61.2 Å². The van der Waals surface area contributed by atoms with Gasteiger partial charge in [-0.1, -0.05) is 0 Å². The third-order valence-electron chi connectivity index (χ3n) is 4.90. The third-order valence-corrected chi connectivity index (χ3v) is 4.90. The number of hydrogen-bond acceptors (Lipinski definition) is 6. The van der Waals surface area contributed by atoms with Gasteiger partial charge in [-0.3, -0.25) is 9.78 Å². The van der Waals surface area contributed by atoms with Gasteiger partial charge in [0.25, 0.3) is 5.91 Å². The van der Waals surface area contributed by atoms with Crippen LogP contribution in [0, 0.1) is 5.92 Å². The summed E-state index contributed by atoms with van der Waals surface area (Å²) in [5.74, 6) is 0.140. The van der Waals surface area contributed by atoms with Gasteiger partial charge in [0.15, 0.2) is 5.82 Å². The molecule has 1 atom stereocenters. The number of nitrogens with zero attached hydrogens (tertiary/aromatic N) is 5. The molecule has 10 nitrogen and oxygen atoms in total. The van der Waals surface area contributed by atoms with Gasteiger partial charge < -0.3 is 21.1 Å². The predicted molar refractivity (Wildman–Crippen MR) is 101 cm³/mol. The molecule has 1 aliphatic heterocycles. The summed E-state index contributed by atoms with van der Waals surface area (Å²) < 4.78 is 1.62. The molecule has 0 spiro atoms. The highest BCUT2D eigenvalue weighted by Crippen LogP contribution is 2.29. The molecule has 0 radical (unpaired) electrons. The Bertz CT molecular complexity index is 1030. The Balaban J connectivity index is 1.67. The Hall–Kier alpha value is -3.69. The maximum atomic E-state index is 13.2. The Morgan fingerprint density at radius 1 is 1.32 bits per heavy atom. The standard InChI is InChI=1S/C18H19N7O3/c19-16-15-13(17(26)24-6-3-11(9-24)8-21-18(27)28)7-14(25(15)23-10-22-16)12-1-4-20-5-2-12/h1-2,4-5,7,10-11,21H,3,6,8-9H2,(H,27,28)(H2,19,22,23). The zero-order chi connectivity index (χ0) is 19.7. The summed E-state index contributed by atoms with van der Waals surface area (Å²) in [5, 5.41) is 15.4. The van der Waals surface area contributed by atoms with Gasteiger partial charge >= 0.3 is 6.09 Å². The number of rotatable bonds is 4. The van der Waals surface area contributed by atoms with Crippen LogP contribution in [0.15, 0.2) is 36.9 Å². The van der Waals surface area contributed by atoms with E-state index in [4.69, 9.17) is 10.8 Å². The van der Waals surface area contributed by atoms with Crippen LogP contribution >= 0.6 is 0 Å². The van der Waals surface area contributed by atoms with Crippen molar-refractivity contribution in [3.63, 3.8) is 0 Å². The van der Waals surface area contributed by atoms with Crippen LogP contribution in [0.1, 0.15) is 16.8 Å². The molecule has 1 saturated heterocycles. The van der Waals surface area contributed by atoms with Crippen molar-refractivity contribution in [2.45, 2.75) is 6.42 Å². The minimum absolute atomic E-state index is 0.0854. The zero-order valence-corrected chi connectivity index (χ0v) is 14.9. The molecule has 3 aromatic rings. The van der Waals surface area contributed by atoms with Crippen LogP contribution in [0.25, 0.3) is 16.8 Å². The van der Waals surface area contributed by atoms with Gasteiger partial charge in [0, 0.05) is 37.6 Å². The molecule has 1 fully saturated rings. The zero-order valence-electron chi connectivity index (χ0n) is 14.9. The first kappa shape index (κ1) is 17.7. The summed E-state index contributed by atoms with van der Waals surface area (Å²) in [6.07, 6.45) is 4.36. The first-order valence-corrected chi connectivity index (χ1v) is 8.83. The number of anilines is 1. The number of likely N-dealkylation sites (tertiary alicyclic amines) is 1.